The lowest BCUT2D eigenvalue weighted by Gasteiger charge is -2.02. The first kappa shape index (κ1) is 9.41. The minimum absolute atomic E-state index is 0.500. The molecule has 12 heavy (non-hydrogen) atoms. The smallest absolute Gasteiger partial charge is 0.217 e. The number of halogens is 1. The van der Waals surface area contributed by atoms with Crippen molar-refractivity contribution < 1.29 is 9.47 Å². The van der Waals surface area contributed by atoms with Gasteiger partial charge in [0, 0.05) is 13.2 Å². The summed E-state index contributed by atoms with van der Waals surface area (Å²) in [6, 6.07) is 1.70. The van der Waals surface area contributed by atoms with Crippen LogP contribution in [0, 0.1) is 0 Å². The Morgan fingerprint density at radius 2 is 2.25 bits per heavy atom. The van der Waals surface area contributed by atoms with Crippen molar-refractivity contribution in [1.29, 1.82) is 0 Å². The Morgan fingerprint density at radius 1 is 1.42 bits per heavy atom. The van der Waals surface area contributed by atoms with Crippen LogP contribution in [0.3, 0.4) is 0 Å². The van der Waals surface area contributed by atoms with Gasteiger partial charge in [0.25, 0.3) is 0 Å². The fraction of sp³-hybridized carbons (Fsp3) is 0.429. The fourth-order valence-electron chi connectivity index (χ4n) is 0.626. The molecule has 1 heterocycles. The summed E-state index contributed by atoms with van der Waals surface area (Å²) in [6.45, 7) is 1.06. The van der Waals surface area contributed by atoms with Gasteiger partial charge in [-0.2, -0.15) is 0 Å². The van der Waals surface area contributed by atoms with Gasteiger partial charge in [0.2, 0.25) is 5.88 Å². The van der Waals surface area contributed by atoms with E-state index in [4.69, 9.17) is 9.47 Å². The van der Waals surface area contributed by atoms with E-state index in [2.05, 4.69) is 25.9 Å². The van der Waals surface area contributed by atoms with Crippen LogP contribution in [-0.2, 0) is 4.74 Å². The molecular formula is C7H9BrN2O2. The highest BCUT2D eigenvalue weighted by molar-refractivity contribution is 9.10. The number of methoxy groups -OCH3 is 1. The molecule has 0 radical (unpaired) electrons. The van der Waals surface area contributed by atoms with Crippen molar-refractivity contribution in [3.63, 3.8) is 0 Å². The van der Waals surface area contributed by atoms with Gasteiger partial charge in [0.15, 0.2) is 0 Å². The maximum atomic E-state index is 5.22. The van der Waals surface area contributed by atoms with Crippen molar-refractivity contribution in [3.8, 4) is 5.88 Å². The van der Waals surface area contributed by atoms with Gasteiger partial charge in [-0.15, -0.1) is 0 Å². The Hall–Kier alpha value is -0.680. The summed E-state index contributed by atoms with van der Waals surface area (Å²) in [5, 5.41) is 0. The molecule has 5 heteroatoms. The SMILES string of the molecule is COCCOc1cc(Br)ncn1. The first-order valence-corrected chi connectivity index (χ1v) is 4.21. The largest absolute Gasteiger partial charge is 0.475 e. The molecule has 0 unspecified atom stereocenters. The zero-order valence-electron chi connectivity index (χ0n) is 6.66. The molecule has 0 saturated heterocycles. The van der Waals surface area contributed by atoms with Crippen LogP contribution in [0.25, 0.3) is 0 Å². The topological polar surface area (TPSA) is 44.2 Å². The lowest BCUT2D eigenvalue weighted by Crippen LogP contribution is -2.05. The minimum Gasteiger partial charge on any atom is -0.475 e. The van der Waals surface area contributed by atoms with Crippen molar-refractivity contribution in [2.75, 3.05) is 20.3 Å². The molecule has 0 bridgehead atoms. The zero-order chi connectivity index (χ0) is 8.81. The molecule has 0 N–H and O–H groups in total. The van der Waals surface area contributed by atoms with Gasteiger partial charge in [0.05, 0.1) is 6.61 Å². The lowest BCUT2D eigenvalue weighted by molar-refractivity contribution is 0.143. The Kier molecular flexibility index (Phi) is 3.96. The second kappa shape index (κ2) is 5.05. The Morgan fingerprint density at radius 3 is 2.92 bits per heavy atom. The number of aromatic nitrogens is 2. The molecule has 4 nitrogen and oxygen atoms in total. The molecule has 0 aliphatic carbocycles. The second-order valence-corrected chi connectivity index (χ2v) is 2.83. The van der Waals surface area contributed by atoms with Crippen LogP contribution in [-0.4, -0.2) is 30.3 Å². The predicted molar refractivity (Wildman–Crippen MR) is 47.1 cm³/mol. The van der Waals surface area contributed by atoms with Gasteiger partial charge < -0.3 is 9.47 Å². The lowest BCUT2D eigenvalue weighted by atomic mass is 10.6. The molecule has 1 aromatic heterocycles. The van der Waals surface area contributed by atoms with Gasteiger partial charge in [-0.1, -0.05) is 0 Å². The molecule has 0 amide bonds. The zero-order valence-corrected chi connectivity index (χ0v) is 8.24. The average Bonchev–Trinajstić information content (AvgIpc) is 2.05. The van der Waals surface area contributed by atoms with Crippen LogP contribution in [0.1, 0.15) is 0 Å². The van der Waals surface area contributed by atoms with Crippen molar-refractivity contribution >= 4 is 15.9 Å². The molecule has 1 rings (SSSR count). The van der Waals surface area contributed by atoms with Crippen molar-refractivity contribution in [1.82, 2.24) is 9.97 Å². The number of hydrogen-bond acceptors (Lipinski definition) is 4. The molecule has 0 spiro atoms. The van der Waals surface area contributed by atoms with E-state index in [0.717, 1.165) is 0 Å². The normalized spacial score (nSPS) is 9.83. The Labute approximate surface area is 79.1 Å². The average molecular weight is 233 g/mol. The first-order valence-electron chi connectivity index (χ1n) is 3.42. The Bertz CT molecular complexity index is 245. The molecule has 0 saturated carbocycles. The van der Waals surface area contributed by atoms with Crippen LogP contribution in [0.15, 0.2) is 17.0 Å². The number of nitrogens with zero attached hydrogens (tertiary/aromatic N) is 2. The van der Waals surface area contributed by atoms with Gasteiger partial charge in [-0.25, -0.2) is 9.97 Å². The van der Waals surface area contributed by atoms with Gasteiger partial charge in [-0.3, -0.25) is 0 Å². The second-order valence-electron chi connectivity index (χ2n) is 2.02. The molecule has 0 aromatic carbocycles. The molecule has 1 aromatic rings. The van der Waals surface area contributed by atoms with E-state index in [0.29, 0.717) is 23.7 Å². The predicted octanol–water partition coefficient (Wildman–Crippen LogP) is 1.26. The minimum atomic E-state index is 0.500. The highest BCUT2D eigenvalue weighted by Gasteiger charge is 1.95. The molecule has 0 atom stereocenters. The number of hydrogen-bond donors (Lipinski definition) is 0. The number of rotatable bonds is 4. The third kappa shape index (κ3) is 3.15. The van der Waals surface area contributed by atoms with E-state index in [9.17, 15) is 0 Å². The first-order chi connectivity index (χ1) is 5.83. The van der Waals surface area contributed by atoms with E-state index >= 15 is 0 Å². The standard InChI is InChI=1S/C7H9BrN2O2/c1-11-2-3-12-7-4-6(8)9-5-10-7/h4-5H,2-3H2,1H3. The summed E-state index contributed by atoms with van der Waals surface area (Å²) in [7, 11) is 1.62. The fourth-order valence-corrected chi connectivity index (χ4v) is 0.913. The van der Waals surface area contributed by atoms with E-state index in [1.165, 1.54) is 6.33 Å². The summed E-state index contributed by atoms with van der Waals surface area (Å²) in [5.41, 5.74) is 0. The summed E-state index contributed by atoms with van der Waals surface area (Å²) in [6.07, 6.45) is 1.44. The molecule has 66 valence electrons. The summed E-state index contributed by atoms with van der Waals surface area (Å²) in [4.78, 5) is 7.75. The highest BCUT2D eigenvalue weighted by atomic mass is 79.9. The van der Waals surface area contributed by atoms with Crippen molar-refractivity contribution in [2.24, 2.45) is 0 Å². The van der Waals surface area contributed by atoms with E-state index < -0.39 is 0 Å². The number of ether oxygens (including phenoxy) is 2. The van der Waals surface area contributed by atoms with Crippen LogP contribution < -0.4 is 4.74 Å². The monoisotopic (exact) mass is 232 g/mol. The molecular weight excluding hydrogens is 224 g/mol. The van der Waals surface area contributed by atoms with E-state index in [1.54, 1.807) is 13.2 Å². The van der Waals surface area contributed by atoms with Crippen LogP contribution in [0.2, 0.25) is 0 Å². The van der Waals surface area contributed by atoms with E-state index in [1.807, 2.05) is 0 Å². The summed E-state index contributed by atoms with van der Waals surface area (Å²) < 4.78 is 10.7. The van der Waals surface area contributed by atoms with Gasteiger partial charge >= 0.3 is 0 Å². The summed E-state index contributed by atoms with van der Waals surface area (Å²) >= 11 is 3.21. The van der Waals surface area contributed by atoms with Gasteiger partial charge in [0.1, 0.15) is 17.5 Å². The molecule has 0 aliphatic heterocycles. The highest BCUT2D eigenvalue weighted by Crippen LogP contribution is 2.11. The quantitative estimate of drug-likeness (QED) is 0.580. The molecule has 0 aliphatic rings. The van der Waals surface area contributed by atoms with Crippen molar-refractivity contribution in [3.05, 3.63) is 17.0 Å². The molecule has 0 fully saturated rings. The van der Waals surface area contributed by atoms with Gasteiger partial charge in [-0.05, 0) is 15.9 Å². The van der Waals surface area contributed by atoms with E-state index in [-0.39, 0.29) is 0 Å². The van der Waals surface area contributed by atoms with Crippen LogP contribution in [0.4, 0.5) is 0 Å². The van der Waals surface area contributed by atoms with Crippen LogP contribution >= 0.6 is 15.9 Å². The summed E-state index contributed by atoms with van der Waals surface area (Å²) in [5.74, 6) is 0.550. The maximum absolute atomic E-state index is 5.22. The maximum Gasteiger partial charge on any atom is 0.217 e. The Balaban J connectivity index is 2.41. The van der Waals surface area contributed by atoms with Crippen LogP contribution in [0.5, 0.6) is 5.88 Å². The van der Waals surface area contributed by atoms with Crippen molar-refractivity contribution in [2.45, 2.75) is 0 Å². The third-order valence-corrected chi connectivity index (χ3v) is 1.58. The third-order valence-electron chi connectivity index (χ3n) is 1.15.